The third-order valence-corrected chi connectivity index (χ3v) is 2.90. The van der Waals surface area contributed by atoms with Crippen LogP contribution in [0.15, 0.2) is 30.5 Å². The zero-order chi connectivity index (χ0) is 14.0. The molecule has 1 aromatic heterocycles. The summed E-state index contributed by atoms with van der Waals surface area (Å²) in [4.78, 5) is 11.2. The van der Waals surface area contributed by atoms with Crippen LogP contribution in [-0.2, 0) is 6.54 Å². The number of nitrogens with zero attached hydrogens (tertiary/aromatic N) is 2. The van der Waals surface area contributed by atoms with Crippen molar-refractivity contribution in [1.82, 2.24) is 4.57 Å². The van der Waals surface area contributed by atoms with Crippen molar-refractivity contribution < 1.29 is 14.3 Å². The zero-order valence-electron chi connectivity index (χ0n) is 10.2. The van der Waals surface area contributed by atoms with Crippen LogP contribution in [-0.4, -0.2) is 15.6 Å². The van der Waals surface area contributed by atoms with Gasteiger partial charge < -0.3 is 9.67 Å². The van der Waals surface area contributed by atoms with Crippen LogP contribution in [0.25, 0.3) is 0 Å². The van der Waals surface area contributed by atoms with Crippen LogP contribution in [0.5, 0.6) is 0 Å². The van der Waals surface area contributed by atoms with E-state index in [0.717, 1.165) is 0 Å². The molecule has 0 aliphatic rings. The van der Waals surface area contributed by atoms with Gasteiger partial charge in [-0.15, -0.1) is 0 Å². The van der Waals surface area contributed by atoms with Crippen molar-refractivity contribution in [2.75, 3.05) is 0 Å². The van der Waals surface area contributed by atoms with Gasteiger partial charge in [-0.2, -0.15) is 5.26 Å². The Morgan fingerprint density at radius 2 is 2.21 bits per heavy atom. The summed E-state index contributed by atoms with van der Waals surface area (Å²) in [5.41, 5.74) is 1.57. The van der Waals surface area contributed by atoms with Gasteiger partial charge in [0.05, 0.1) is 11.6 Å². The Labute approximate surface area is 109 Å². The summed E-state index contributed by atoms with van der Waals surface area (Å²) in [6.45, 7) is 1.84. The summed E-state index contributed by atoms with van der Waals surface area (Å²) in [6.07, 6.45) is 1.62. The Morgan fingerprint density at radius 3 is 2.84 bits per heavy atom. The predicted octanol–water partition coefficient (Wildman–Crippen LogP) is 2.55. The standard InChI is InChI=1S/C14H11FN2O2/c1-9-4-5-17(13(9)14(18)19)8-11-6-12(15)3-2-10(11)7-16/h2-6H,8H2,1H3,(H,18,19). The van der Waals surface area contributed by atoms with E-state index in [1.165, 1.54) is 22.8 Å². The average molecular weight is 258 g/mol. The minimum Gasteiger partial charge on any atom is -0.477 e. The van der Waals surface area contributed by atoms with E-state index in [-0.39, 0.29) is 12.2 Å². The summed E-state index contributed by atoms with van der Waals surface area (Å²) in [6, 6.07) is 7.50. The Bertz CT molecular complexity index is 683. The van der Waals surface area contributed by atoms with E-state index in [1.807, 2.05) is 6.07 Å². The highest BCUT2D eigenvalue weighted by Gasteiger charge is 2.14. The highest BCUT2D eigenvalue weighted by Crippen LogP contribution is 2.16. The number of hydrogen-bond donors (Lipinski definition) is 1. The number of aromatic nitrogens is 1. The number of halogens is 1. The topological polar surface area (TPSA) is 66.0 Å². The molecule has 0 bridgehead atoms. The lowest BCUT2D eigenvalue weighted by Crippen LogP contribution is -2.11. The molecule has 0 amide bonds. The fraction of sp³-hybridized carbons (Fsp3) is 0.143. The summed E-state index contributed by atoms with van der Waals surface area (Å²) < 4.78 is 14.7. The fourth-order valence-electron chi connectivity index (χ4n) is 1.99. The summed E-state index contributed by atoms with van der Waals surface area (Å²) in [7, 11) is 0. The largest absolute Gasteiger partial charge is 0.477 e. The first kappa shape index (κ1) is 12.8. The number of benzene rings is 1. The van der Waals surface area contributed by atoms with Crippen LogP contribution >= 0.6 is 0 Å². The monoisotopic (exact) mass is 258 g/mol. The molecule has 0 saturated heterocycles. The van der Waals surface area contributed by atoms with E-state index in [1.54, 1.807) is 19.2 Å². The smallest absolute Gasteiger partial charge is 0.352 e. The number of hydrogen-bond acceptors (Lipinski definition) is 2. The molecule has 0 unspecified atom stereocenters. The van der Waals surface area contributed by atoms with Crippen LogP contribution in [0.4, 0.5) is 4.39 Å². The highest BCUT2D eigenvalue weighted by atomic mass is 19.1. The molecule has 1 heterocycles. The molecule has 2 rings (SSSR count). The fourth-order valence-corrected chi connectivity index (χ4v) is 1.99. The minimum atomic E-state index is -1.04. The van der Waals surface area contributed by atoms with Gasteiger partial charge in [-0.05, 0) is 42.3 Å². The highest BCUT2D eigenvalue weighted by molar-refractivity contribution is 5.87. The molecular weight excluding hydrogens is 247 g/mol. The van der Waals surface area contributed by atoms with Gasteiger partial charge in [0.15, 0.2) is 0 Å². The number of carboxylic acid groups (broad SMARTS) is 1. The summed E-state index contributed by atoms with van der Waals surface area (Å²) in [5, 5.41) is 18.1. The average Bonchev–Trinajstić information content (AvgIpc) is 2.71. The maximum Gasteiger partial charge on any atom is 0.352 e. The second kappa shape index (κ2) is 4.94. The lowest BCUT2D eigenvalue weighted by Gasteiger charge is -2.09. The van der Waals surface area contributed by atoms with E-state index >= 15 is 0 Å². The van der Waals surface area contributed by atoms with Crippen molar-refractivity contribution >= 4 is 5.97 Å². The molecule has 0 fully saturated rings. The third-order valence-electron chi connectivity index (χ3n) is 2.90. The minimum absolute atomic E-state index is 0.146. The van der Waals surface area contributed by atoms with Gasteiger partial charge in [-0.3, -0.25) is 0 Å². The van der Waals surface area contributed by atoms with Gasteiger partial charge in [0.25, 0.3) is 0 Å². The van der Waals surface area contributed by atoms with Gasteiger partial charge in [0, 0.05) is 12.7 Å². The molecule has 2 aromatic rings. The number of rotatable bonds is 3. The molecule has 4 nitrogen and oxygen atoms in total. The molecule has 19 heavy (non-hydrogen) atoms. The molecule has 5 heteroatoms. The zero-order valence-corrected chi connectivity index (χ0v) is 10.2. The number of carboxylic acids is 1. The summed E-state index contributed by atoms with van der Waals surface area (Å²) in [5.74, 6) is -1.49. The molecule has 0 aliphatic carbocycles. The first-order valence-electron chi connectivity index (χ1n) is 5.60. The number of aromatic carboxylic acids is 1. The van der Waals surface area contributed by atoms with E-state index in [0.29, 0.717) is 16.7 Å². The number of carbonyl (C=O) groups is 1. The molecule has 0 aliphatic heterocycles. The quantitative estimate of drug-likeness (QED) is 0.920. The van der Waals surface area contributed by atoms with Crippen molar-refractivity contribution in [2.45, 2.75) is 13.5 Å². The van der Waals surface area contributed by atoms with E-state index in [2.05, 4.69) is 0 Å². The van der Waals surface area contributed by atoms with Gasteiger partial charge in [-0.1, -0.05) is 0 Å². The Hall–Kier alpha value is -2.61. The molecule has 0 radical (unpaired) electrons. The first-order chi connectivity index (χ1) is 9.02. The lowest BCUT2D eigenvalue weighted by atomic mass is 10.1. The molecule has 0 spiro atoms. The van der Waals surface area contributed by atoms with E-state index in [9.17, 15) is 9.18 Å². The van der Waals surface area contributed by atoms with Crippen LogP contribution in [0.2, 0.25) is 0 Å². The Kier molecular flexibility index (Phi) is 3.34. The third kappa shape index (κ3) is 2.47. The van der Waals surface area contributed by atoms with Crippen molar-refractivity contribution in [2.24, 2.45) is 0 Å². The Morgan fingerprint density at radius 1 is 1.47 bits per heavy atom. The van der Waals surface area contributed by atoms with Crippen LogP contribution < -0.4 is 0 Å². The number of nitriles is 1. The van der Waals surface area contributed by atoms with Gasteiger partial charge in [-0.25, -0.2) is 9.18 Å². The lowest BCUT2D eigenvalue weighted by molar-refractivity contribution is 0.0685. The van der Waals surface area contributed by atoms with Crippen molar-refractivity contribution in [3.63, 3.8) is 0 Å². The first-order valence-corrected chi connectivity index (χ1v) is 5.60. The maximum absolute atomic E-state index is 13.2. The predicted molar refractivity (Wildman–Crippen MR) is 66.3 cm³/mol. The SMILES string of the molecule is Cc1ccn(Cc2cc(F)ccc2C#N)c1C(=O)O. The Balaban J connectivity index is 2.45. The second-order valence-electron chi connectivity index (χ2n) is 4.19. The normalized spacial score (nSPS) is 10.2. The van der Waals surface area contributed by atoms with Gasteiger partial charge >= 0.3 is 5.97 Å². The molecular formula is C14H11FN2O2. The molecule has 96 valence electrons. The van der Waals surface area contributed by atoms with Crippen molar-refractivity contribution in [3.05, 3.63) is 58.7 Å². The van der Waals surface area contributed by atoms with E-state index in [4.69, 9.17) is 10.4 Å². The van der Waals surface area contributed by atoms with Crippen LogP contribution in [0.1, 0.15) is 27.2 Å². The summed E-state index contributed by atoms with van der Waals surface area (Å²) >= 11 is 0. The van der Waals surface area contributed by atoms with Gasteiger partial charge in [0.2, 0.25) is 0 Å². The van der Waals surface area contributed by atoms with Crippen molar-refractivity contribution in [1.29, 1.82) is 5.26 Å². The second-order valence-corrected chi connectivity index (χ2v) is 4.19. The number of aryl methyl sites for hydroxylation is 1. The van der Waals surface area contributed by atoms with Crippen molar-refractivity contribution in [3.8, 4) is 6.07 Å². The molecule has 0 saturated carbocycles. The van der Waals surface area contributed by atoms with Crippen LogP contribution in [0.3, 0.4) is 0 Å². The molecule has 1 N–H and O–H groups in total. The maximum atomic E-state index is 13.2. The van der Waals surface area contributed by atoms with Crippen LogP contribution in [0, 0.1) is 24.1 Å². The molecule has 1 aromatic carbocycles. The molecule has 0 atom stereocenters. The van der Waals surface area contributed by atoms with E-state index < -0.39 is 11.8 Å². The van der Waals surface area contributed by atoms with Gasteiger partial charge in [0.1, 0.15) is 11.5 Å².